The largest absolute Gasteiger partial charge is 0.491 e. The molecule has 0 aliphatic heterocycles. The maximum absolute atomic E-state index is 8.63. The normalized spacial score (nSPS) is 11.9. The molecule has 1 aromatic carbocycles. The Morgan fingerprint density at radius 3 is 2.72 bits per heavy atom. The monoisotopic (exact) mass is 252 g/mol. The molecule has 0 heterocycles. The standard InChI is InChI=1S/C13H20N2O3/c1-9(2)17-6-7-18-12-8-11(13(14)15-16)5-4-10(12)3/h4-5,8-9,16H,6-7H2,1-3H3,(H2,14,15). The van der Waals surface area contributed by atoms with Crippen LogP contribution in [-0.2, 0) is 4.74 Å². The van der Waals surface area contributed by atoms with E-state index in [2.05, 4.69) is 5.16 Å². The molecule has 0 spiro atoms. The maximum atomic E-state index is 8.63. The first-order valence-corrected chi connectivity index (χ1v) is 5.87. The van der Waals surface area contributed by atoms with Crippen LogP contribution in [0.25, 0.3) is 0 Å². The third kappa shape index (κ3) is 4.25. The molecule has 0 radical (unpaired) electrons. The number of ether oxygens (including phenoxy) is 2. The predicted octanol–water partition coefficient (Wildman–Crippen LogP) is 1.89. The number of hydrogen-bond donors (Lipinski definition) is 2. The Bertz CT molecular complexity index is 417. The Kier molecular flexibility index (Phi) is 5.45. The van der Waals surface area contributed by atoms with Crippen molar-refractivity contribution in [2.75, 3.05) is 13.2 Å². The molecule has 18 heavy (non-hydrogen) atoms. The highest BCUT2D eigenvalue weighted by Gasteiger charge is 2.05. The van der Waals surface area contributed by atoms with Gasteiger partial charge in [0.25, 0.3) is 0 Å². The van der Waals surface area contributed by atoms with Crippen LogP contribution in [-0.4, -0.2) is 30.4 Å². The number of rotatable bonds is 6. The molecule has 100 valence electrons. The molecule has 0 amide bonds. The van der Waals surface area contributed by atoms with Gasteiger partial charge in [0, 0.05) is 5.56 Å². The Morgan fingerprint density at radius 2 is 2.11 bits per heavy atom. The van der Waals surface area contributed by atoms with Crippen molar-refractivity contribution in [1.29, 1.82) is 0 Å². The molecule has 0 atom stereocenters. The fourth-order valence-electron chi connectivity index (χ4n) is 1.41. The van der Waals surface area contributed by atoms with Crippen molar-refractivity contribution in [3.8, 4) is 5.75 Å². The zero-order chi connectivity index (χ0) is 13.5. The molecular formula is C13H20N2O3. The third-order valence-electron chi connectivity index (χ3n) is 2.38. The first-order valence-electron chi connectivity index (χ1n) is 5.87. The number of hydrogen-bond acceptors (Lipinski definition) is 4. The van der Waals surface area contributed by atoms with Gasteiger partial charge >= 0.3 is 0 Å². The molecule has 3 N–H and O–H groups in total. The lowest BCUT2D eigenvalue weighted by molar-refractivity contribution is 0.0551. The van der Waals surface area contributed by atoms with Crippen molar-refractivity contribution in [3.05, 3.63) is 29.3 Å². The topological polar surface area (TPSA) is 77.1 Å². The van der Waals surface area contributed by atoms with E-state index in [0.717, 1.165) is 5.56 Å². The summed E-state index contributed by atoms with van der Waals surface area (Å²) < 4.78 is 11.0. The van der Waals surface area contributed by atoms with Gasteiger partial charge < -0.3 is 20.4 Å². The van der Waals surface area contributed by atoms with Crippen LogP contribution < -0.4 is 10.5 Å². The Labute approximate surface area is 107 Å². The molecule has 1 rings (SSSR count). The molecule has 0 bridgehead atoms. The van der Waals surface area contributed by atoms with Gasteiger partial charge in [0.15, 0.2) is 5.84 Å². The van der Waals surface area contributed by atoms with E-state index in [0.29, 0.717) is 24.5 Å². The second-order valence-electron chi connectivity index (χ2n) is 4.23. The Hall–Kier alpha value is -1.75. The number of benzene rings is 1. The average molecular weight is 252 g/mol. The Balaban J connectivity index is 2.64. The minimum absolute atomic E-state index is 0.0679. The smallest absolute Gasteiger partial charge is 0.170 e. The summed E-state index contributed by atoms with van der Waals surface area (Å²) in [4.78, 5) is 0. The van der Waals surface area contributed by atoms with Crippen molar-refractivity contribution in [2.45, 2.75) is 26.9 Å². The number of amidine groups is 1. The van der Waals surface area contributed by atoms with Crippen LogP contribution in [0.3, 0.4) is 0 Å². The van der Waals surface area contributed by atoms with Crippen LogP contribution >= 0.6 is 0 Å². The summed E-state index contributed by atoms with van der Waals surface area (Å²) in [5.74, 6) is 0.782. The molecule has 0 aromatic heterocycles. The minimum atomic E-state index is 0.0679. The lowest BCUT2D eigenvalue weighted by atomic mass is 10.1. The zero-order valence-electron chi connectivity index (χ0n) is 11.0. The summed E-state index contributed by atoms with van der Waals surface area (Å²) in [6.45, 7) is 6.90. The van der Waals surface area contributed by atoms with Gasteiger partial charge in [-0.05, 0) is 32.4 Å². The second-order valence-corrected chi connectivity index (χ2v) is 4.23. The van der Waals surface area contributed by atoms with Gasteiger partial charge in [0.1, 0.15) is 12.4 Å². The highest BCUT2D eigenvalue weighted by molar-refractivity contribution is 5.97. The van der Waals surface area contributed by atoms with E-state index in [1.807, 2.05) is 26.8 Å². The summed E-state index contributed by atoms with van der Waals surface area (Å²) in [6.07, 6.45) is 0.193. The van der Waals surface area contributed by atoms with Crippen LogP contribution in [0.4, 0.5) is 0 Å². The number of nitrogens with two attached hydrogens (primary N) is 1. The highest BCUT2D eigenvalue weighted by Crippen LogP contribution is 2.19. The molecule has 0 fully saturated rings. The number of nitrogens with zero attached hydrogens (tertiary/aromatic N) is 1. The molecule has 5 heteroatoms. The highest BCUT2D eigenvalue weighted by atomic mass is 16.5. The number of aryl methyl sites for hydroxylation is 1. The minimum Gasteiger partial charge on any atom is -0.491 e. The molecule has 0 saturated carbocycles. The van der Waals surface area contributed by atoms with E-state index in [1.165, 1.54) is 0 Å². The average Bonchev–Trinajstić information content (AvgIpc) is 2.35. The summed E-state index contributed by atoms with van der Waals surface area (Å²) >= 11 is 0. The molecule has 0 aliphatic carbocycles. The van der Waals surface area contributed by atoms with Crippen molar-refractivity contribution in [1.82, 2.24) is 0 Å². The van der Waals surface area contributed by atoms with Gasteiger partial charge in [-0.1, -0.05) is 17.3 Å². The lowest BCUT2D eigenvalue weighted by Crippen LogP contribution is -2.14. The van der Waals surface area contributed by atoms with E-state index in [1.54, 1.807) is 12.1 Å². The van der Waals surface area contributed by atoms with E-state index in [4.69, 9.17) is 20.4 Å². The van der Waals surface area contributed by atoms with E-state index >= 15 is 0 Å². The van der Waals surface area contributed by atoms with Crippen LogP contribution in [0.2, 0.25) is 0 Å². The third-order valence-corrected chi connectivity index (χ3v) is 2.38. The molecule has 1 aromatic rings. The van der Waals surface area contributed by atoms with E-state index < -0.39 is 0 Å². The van der Waals surface area contributed by atoms with Crippen molar-refractivity contribution in [2.24, 2.45) is 10.9 Å². The van der Waals surface area contributed by atoms with Crippen molar-refractivity contribution < 1.29 is 14.7 Å². The summed E-state index contributed by atoms with van der Waals surface area (Å²) in [5, 5.41) is 11.6. The van der Waals surface area contributed by atoms with Gasteiger partial charge in [-0.2, -0.15) is 0 Å². The molecule has 0 unspecified atom stereocenters. The van der Waals surface area contributed by atoms with Gasteiger partial charge in [-0.25, -0.2) is 0 Å². The van der Waals surface area contributed by atoms with Crippen LogP contribution in [0.5, 0.6) is 5.75 Å². The second kappa shape index (κ2) is 6.86. The molecule has 5 nitrogen and oxygen atoms in total. The van der Waals surface area contributed by atoms with Crippen LogP contribution in [0, 0.1) is 6.92 Å². The molecule has 0 aliphatic rings. The SMILES string of the molecule is Cc1ccc(/C(N)=N/O)cc1OCCOC(C)C. The Morgan fingerprint density at radius 1 is 1.39 bits per heavy atom. The fourth-order valence-corrected chi connectivity index (χ4v) is 1.41. The van der Waals surface area contributed by atoms with E-state index in [-0.39, 0.29) is 11.9 Å². The maximum Gasteiger partial charge on any atom is 0.170 e. The fraction of sp³-hybridized carbons (Fsp3) is 0.462. The quantitative estimate of drug-likeness (QED) is 0.266. The van der Waals surface area contributed by atoms with Crippen LogP contribution in [0.1, 0.15) is 25.0 Å². The van der Waals surface area contributed by atoms with Gasteiger partial charge in [-0.3, -0.25) is 0 Å². The lowest BCUT2D eigenvalue weighted by Gasteiger charge is -2.12. The van der Waals surface area contributed by atoms with Gasteiger partial charge in [0.2, 0.25) is 0 Å². The zero-order valence-corrected chi connectivity index (χ0v) is 11.0. The van der Waals surface area contributed by atoms with Crippen molar-refractivity contribution in [3.63, 3.8) is 0 Å². The first-order chi connectivity index (χ1) is 8.54. The molecular weight excluding hydrogens is 232 g/mol. The molecule has 0 saturated heterocycles. The van der Waals surface area contributed by atoms with E-state index in [9.17, 15) is 0 Å². The first kappa shape index (κ1) is 14.3. The van der Waals surface area contributed by atoms with Gasteiger partial charge in [0.05, 0.1) is 12.7 Å². The van der Waals surface area contributed by atoms with Crippen LogP contribution in [0.15, 0.2) is 23.4 Å². The summed E-state index contributed by atoms with van der Waals surface area (Å²) in [5.41, 5.74) is 7.15. The van der Waals surface area contributed by atoms with Gasteiger partial charge in [-0.15, -0.1) is 0 Å². The summed E-state index contributed by atoms with van der Waals surface area (Å²) in [7, 11) is 0. The summed E-state index contributed by atoms with van der Waals surface area (Å²) in [6, 6.07) is 5.40. The van der Waals surface area contributed by atoms with Crippen molar-refractivity contribution >= 4 is 5.84 Å². The number of oxime groups is 1. The predicted molar refractivity (Wildman–Crippen MR) is 70.3 cm³/mol.